The zero-order chi connectivity index (χ0) is 5.98. The third kappa shape index (κ3) is 0.873. The third-order valence-corrected chi connectivity index (χ3v) is 0.978. The van der Waals surface area contributed by atoms with Crippen LogP contribution in [0, 0.1) is 0 Å². The van der Waals surface area contributed by atoms with Crippen molar-refractivity contribution < 1.29 is 8.76 Å². The Kier molecular flexibility index (Phi) is 1.31. The van der Waals surface area contributed by atoms with Crippen molar-refractivity contribution in [1.82, 2.24) is 19.6 Å². The fourth-order valence-electron chi connectivity index (χ4n) is 0.224. The number of aromatic nitrogens is 4. The topological polar surface area (TPSA) is 80.9 Å². The summed E-state index contributed by atoms with van der Waals surface area (Å²) in [5.74, 6) is 0. The molecule has 6 nitrogen and oxygen atoms in total. The summed E-state index contributed by atoms with van der Waals surface area (Å²) in [5, 5.41) is 9.37. The molecule has 1 atom stereocenters. The fourth-order valence-corrected chi connectivity index (χ4v) is 0.442. The Morgan fingerprint density at radius 1 is 1.75 bits per heavy atom. The van der Waals surface area contributed by atoms with E-state index in [0.717, 1.165) is 10.4 Å². The first-order valence-electron chi connectivity index (χ1n) is 1.65. The zero-order valence-corrected chi connectivity index (χ0v) is 4.45. The molecule has 0 aliphatic rings. The van der Waals surface area contributed by atoms with Gasteiger partial charge < -0.3 is 0 Å². The number of rotatable bonds is 1. The van der Waals surface area contributed by atoms with E-state index < -0.39 is 11.3 Å². The zero-order valence-electron chi connectivity index (χ0n) is 3.63. The van der Waals surface area contributed by atoms with Crippen LogP contribution in [0.2, 0.25) is 0 Å². The SMILES string of the molecule is O=S(O)n1cnnn1. The normalized spacial score (nSPS) is 13.6. The van der Waals surface area contributed by atoms with Gasteiger partial charge in [-0.15, -0.1) is 9.19 Å². The van der Waals surface area contributed by atoms with Crippen LogP contribution in [-0.4, -0.2) is 28.4 Å². The number of tetrazole rings is 1. The van der Waals surface area contributed by atoms with Crippen LogP contribution < -0.4 is 0 Å². The van der Waals surface area contributed by atoms with Gasteiger partial charge in [-0.3, -0.25) is 4.55 Å². The Bertz CT molecular complexity index is 182. The summed E-state index contributed by atoms with van der Waals surface area (Å²) < 4.78 is 18.9. The van der Waals surface area contributed by atoms with Gasteiger partial charge in [0.2, 0.25) is 0 Å². The lowest BCUT2D eigenvalue weighted by Crippen LogP contribution is -2.02. The van der Waals surface area contributed by atoms with E-state index in [1.54, 1.807) is 0 Å². The summed E-state index contributed by atoms with van der Waals surface area (Å²) in [6, 6.07) is 0. The molecule has 1 N–H and O–H groups in total. The van der Waals surface area contributed by atoms with Gasteiger partial charge >= 0.3 is 0 Å². The maximum absolute atomic E-state index is 9.99. The molecule has 0 bridgehead atoms. The molecule has 0 spiro atoms. The van der Waals surface area contributed by atoms with Crippen molar-refractivity contribution in [2.24, 2.45) is 0 Å². The molecule has 1 aromatic heterocycles. The minimum atomic E-state index is -2.12. The standard InChI is InChI=1S/CH2N4O2S/c6-8(7)5-1-2-3-4-5/h1H,(H,6,7). The second kappa shape index (κ2) is 1.97. The van der Waals surface area contributed by atoms with E-state index in [2.05, 4.69) is 15.5 Å². The summed E-state index contributed by atoms with van der Waals surface area (Å²) in [6.45, 7) is 0. The van der Waals surface area contributed by atoms with Gasteiger partial charge in [0.15, 0.2) is 6.33 Å². The Labute approximate surface area is 46.9 Å². The predicted molar refractivity (Wildman–Crippen MR) is 24.0 cm³/mol. The summed E-state index contributed by atoms with van der Waals surface area (Å²) >= 11 is -2.12. The van der Waals surface area contributed by atoms with Crippen LogP contribution in [0.4, 0.5) is 0 Å². The highest BCUT2D eigenvalue weighted by Crippen LogP contribution is 1.74. The third-order valence-electron chi connectivity index (χ3n) is 0.490. The lowest BCUT2D eigenvalue weighted by Gasteiger charge is -1.82. The van der Waals surface area contributed by atoms with Crippen LogP contribution in [0.15, 0.2) is 6.33 Å². The lowest BCUT2D eigenvalue weighted by molar-refractivity contribution is 0.544. The van der Waals surface area contributed by atoms with E-state index in [-0.39, 0.29) is 0 Å². The van der Waals surface area contributed by atoms with Gasteiger partial charge in [-0.05, 0) is 10.4 Å². The van der Waals surface area contributed by atoms with Gasteiger partial charge in [-0.25, -0.2) is 4.21 Å². The molecule has 0 aromatic carbocycles. The summed E-state index contributed by atoms with van der Waals surface area (Å²) in [6.07, 6.45) is 1.05. The second-order valence-electron chi connectivity index (χ2n) is 0.943. The molecular formula is CH2N4O2S. The van der Waals surface area contributed by atoms with Crippen molar-refractivity contribution >= 4 is 11.3 Å². The summed E-state index contributed by atoms with van der Waals surface area (Å²) in [4.78, 5) is 0. The molecule has 0 aliphatic heterocycles. The quantitative estimate of drug-likeness (QED) is 0.480. The van der Waals surface area contributed by atoms with Crippen LogP contribution in [-0.2, 0) is 11.3 Å². The monoisotopic (exact) mass is 134 g/mol. The molecule has 1 rings (SSSR count). The molecule has 1 heterocycles. The first-order valence-corrected chi connectivity index (χ1v) is 2.71. The molecule has 0 radical (unpaired) electrons. The Morgan fingerprint density at radius 3 is 2.75 bits per heavy atom. The first kappa shape index (κ1) is 5.32. The van der Waals surface area contributed by atoms with Gasteiger partial charge in [0.1, 0.15) is 0 Å². The Balaban J connectivity index is 2.93. The van der Waals surface area contributed by atoms with E-state index in [1.807, 2.05) is 0 Å². The smallest absolute Gasteiger partial charge is 0.285 e. The minimum absolute atomic E-state index is 0.722. The maximum Gasteiger partial charge on any atom is 0.285 e. The Morgan fingerprint density at radius 2 is 2.50 bits per heavy atom. The molecule has 0 amide bonds. The van der Waals surface area contributed by atoms with Crippen molar-refractivity contribution in [1.29, 1.82) is 0 Å². The van der Waals surface area contributed by atoms with E-state index in [4.69, 9.17) is 4.55 Å². The summed E-state index contributed by atoms with van der Waals surface area (Å²) in [7, 11) is 0. The van der Waals surface area contributed by atoms with Crippen molar-refractivity contribution in [2.45, 2.75) is 0 Å². The van der Waals surface area contributed by atoms with E-state index in [1.165, 1.54) is 0 Å². The molecule has 44 valence electrons. The van der Waals surface area contributed by atoms with E-state index >= 15 is 0 Å². The number of nitrogens with zero attached hydrogens (tertiary/aromatic N) is 4. The molecule has 8 heavy (non-hydrogen) atoms. The lowest BCUT2D eigenvalue weighted by atomic mass is 11.4. The largest absolute Gasteiger partial charge is 0.288 e. The highest BCUT2D eigenvalue weighted by Gasteiger charge is 1.94. The number of hydrogen-bond acceptors (Lipinski definition) is 4. The molecular weight excluding hydrogens is 132 g/mol. The van der Waals surface area contributed by atoms with Crippen LogP contribution in [0.1, 0.15) is 0 Å². The maximum atomic E-state index is 9.99. The average Bonchev–Trinajstić information content (AvgIpc) is 2.12. The summed E-state index contributed by atoms with van der Waals surface area (Å²) in [5.41, 5.74) is 0. The van der Waals surface area contributed by atoms with Gasteiger partial charge in [0.25, 0.3) is 11.3 Å². The van der Waals surface area contributed by atoms with Gasteiger partial charge in [0.05, 0.1) is 0 Å². The fraction of sp³-hybridized carbons (Fsp3) is 0. The molecule has 0 aliphatic carbocycles. The predicted octanol–water partition coefficient (Wildman–Crippen LogP) is -1.34. The minimum Gasteiger partial charge on any atom is -0.288 e. The van der Waals surface area contributed by atoms with E-state index in [0.29, 0.717) is 0 Å². The molecule has 0 saturated carbocycles. The van der Waals surface area contributed by atoms with Crippen LogP contribution in [0.3, 0.4) is 0 Å². The molecule has 0 saturated heterocycles. The van der Waals surface area contributed by atoms with Crippen LogP contribution in [0.25, 0.3) is 0 Å². The average molecular weight is 134 g/mol. The molecule has 7 heteroatoms. The second-order valence-corrected chi connectivity index (χ2v) is 1.78. The van der Waals surface area contributed by atoms with Gasteiger partial charge in [0, 0.05) is 0 Å². The highest BCUT2D eigenvalue weighted by molar-refractivity contribution is 7.77. The van der Waals surface area contributed by atoms with Crippen molar-refractivity contribution in [2.75, 3.05) is 0 Å². The molecule has 0 fully saturated rings. The molecule has 1 aromatic rings. The Hall–Kier alpha value is -0.820. The van der Waals surface area contributed by atoms with Gasteiger partial charge in [-0.2, -0.15) is 0 Å². The van der Waals surface area contributed by atoms with Crippen molar-refractivity contribution in [3.63, 3.8) is 0 Å². The highest BCUT2D eigenvalue weighted by atomic mass is 32.2. The van der Waals surface area contributed by atoms with E-state index in [9.17, 15) is 4.21 Å². The van der Waals surface area contributed by atoms with Crippen LogP contribution >= 0.6 is 0 Å². The molecule has 1 unspecified atom stereocenters. The van der Waals surface area contributed by atoms with Crippen molar-refractivity contribution in [3.05, 3.63) is 6.33 Å². The first-order chi connectivity index (χ1) is 3.80. The van der Waals surface area contributed by atoms with Gasteiger partial charge in [-0.1, -0.05) is 0 Å². The number of hydrogen-bond donors (Lipinski definition) is 1. The van der Waals surface area contributed by atoms with Crippen LogP contribution in [0.5, 0.6) is 0 Å². The van der Waals surface area contributed by atoms with Crippen molar-refractivity contribution in [3.8, 4) is 0 Å².